The van der Waals surface area contributed by atoms with Gasteiger partial charge < -0.3 is 13.9 Å². The second-order valence-electron chi connectivity index (χ2n) is 6.44. The maximum atomic E-state index is 5.81. The van der Waals surface area contributed by atoms with Crippen molar-refractivity contribution in [3.8, 4) is 5.75 Å². The minimum absolute atomic E-state index is 0.645. The Kier molecular flexibility index (Phi) is 4.79. The van der Waals surface area contributed by atoms with Crippen LogP contribution in [0.25, 0.3) is 0 Å². The van der Waals surface area contributed by atoms with Crippen LogP contribution in [0.15, 0.2) is 55.5 Å². The molecule has 0 amide bonds. The summed E-state index contributed by atoms with van der Waals surface area (Å²) < 4.78 is 10.1. The molecule has 0 spiro atoms. The smallest absolute Gasteiger partial charge is 0.119 e. The van der Waals surface area contributed by atoms with Gasteiger partial charge in [0.1, 0.15) is 12.4 Å². The lowest BCUT2D eigenvalue weighted by Crippen LogP contribution is -2.22. The molecule has 6 heteroatoms. The summed E-state index contributed by atoms with van der Waals surface area (Å²) in [4.78, 5) is 10.8. The average Bonchev–Trinajstić information content (AvgIpc) is 3.26. The highest BCUT2D eigenvalue weighted by Crippen LogP contribution is 2.17. The number of rotatable bonds is 6. The molecule has 1 aliphatic heterocycles. The molecular formula is C19H23N5O. The highest BCUT2D eigenvalue weighted by atomic mass is 16.5. The van der Waals surface area contributed by atoms with Gasteiger partial charge in [0, 0.05) is 44.8 Å². The fourth-order valence-electron chi connectivity index (χ4n) is 3.23. The van der Waals surface area contributed by atoms with E-state index in [2.05, 4.69) is 43.7 Å². The summed E-state index contributed by atoms with van der Waals surface area (Å²) in [5.74, 6) is 0.915. The number of ether oxygens (including phenoxy) is 1. The number of hydrogen-bond donors (Lipinski definition) is 0. The third kappa shape index (κ3) is 4.09. The number of fused-ring (bicyclic) bond motifs is 1. The van der Waals surface area contributed by atoms with Gasteiger partial charge in [0.2, 0.25) is 0 Å². The molecule has 2 aromatic heterocycles. The molecule has 0 aliphatic carbocycles. The first-order valence-electron chi connectivity index (χ1n) is 8.76. The average molecular weight is 337 g/mol. The fraction of sp³-hybridized carbons (Fsp3) is 0.368. The van der Waals surface area contributed by atoms with Crippen LogP contribution >= 0.6 is 0 Å². The van der Waals surface area contributed by atoms with Crippen LogP contribution < -0.4 is 4.74 Å². The van der Waals surface area contributed by atoms with Gasteiger partial charge in [-0.1, -0.05) is 12.1 Å². The Bertz CT molecular complexity index is 779. The van der Waals surface area contributed by atoms with E-state index < -0.39 is 0 Å². The van der Waals surface area contributed by atoms with Gasteiger partial charge in [0.25, 0.3) is 0 Å². The molecule has 0 N–H and O–H groups in total. The third-order valence-electron chi connectivity index (χ3n) is 4.56. The highest BCUT2D eigenvalue weighted by Gasteiger charge is 2.14. The van der Waals surface area contributed by atoms with Gasteiger partial charge in [0.05, 0.1) is 24.9 Å². The van der Waals surface area contributed by atoms with Gasteiger partial charge in [-0.3, -0.25) is 4.90 Å². The van der Waals surface area contributed by atoms with Crippen molar-refractivity contribution in [2.45, 2.75) is 32.6 Å². The predicted molar refractivity (Wildman–Crippen MR) is 95.1 cm³/mol. The van der Waals surface area contributed by atoms with Crippen molar-refractivity contribution in [2.24, 2.45) is 0 Å². The minimum atomic E-state index is 0.645. The van der Waals surface area contributed by atoms with Crippen LogP contribution in [-0.4, -0.2) is 37.2 Å². The summed E-state index contributed by atoms with van der Waals surface area (Å²) in [6.45, 7) is 5.55. The minimum Gasteiger partial charge on any atom is -0.492 e. The Hall–Kier alpha value is -2.60. The van der Waals surface area contributed by atoms with E-state index in [4.69, 9.17) is 4.74 Å². The molecule has 1 aliphatic rings. The second-order valence-corrected chi connectivity index (χ2v) is 6.44. The van der Waals surface area contributed by atoms with Crippen molar-refractivity contribution in [3.63, 3.8) is 0 Å². The first-order valence-corrected chi connectivity index (χ1v) is 8.76. The lowest BCUT2D eigenvalue weighted by molar-refractivity contribution is 0.260. The Morgan fingerprint density at radius 3 is 2.80 bits per heavy atom. The number of aromatic nitrogens is 4. The molecule has 1 aromatic carbocycles. The zero-order chi connectivity index (χ0) is 16.9. The van der Waals surface area contributed by atoms with E-state index in [0.29, 0.717) is 6.61 Å². The lowest BCUT2D eigenvalue weighted by atomic mass is 10.2. The van der Waals surface area contributed by atoms with Gasteiger partial charge in [-0.2, -0.15) is 0 Å². The Morgan fingerprint density at radius 1 is 1.04 bits per heavy atom. The second kappa shape index (κ2) is 7.53. The third-order valence-corrected chi connectivity index (χ3v) is 4.56. The van der Waals surface area contributed by atoms with E-state index in [9.17, 15) is 0 Å². The number of aryl methyl sites for hydroxylation is 1. The zero-order valence-corrected chi connectivity index (χ0v) is 14.3. The number of imidazole rings is 2. The van der Waals surface area contributed by atoms with Crippen LogP contribution in [0.1, 0.15) is 17.7 Å². The quantitative estimate of drug-likeness (QED) is 0.694. The predicted octanol–water partition coefficient (Wildman–Crippen LogP) is 2.56. The largest absolute Gasteiger partial charge is 0.492 e. The van der Waals surface area contributed by atoms with Crippen LogP contribution in [0, 0.1) is 0 Å². The van der Waals surface area contributed by atoms with E-state index in [0.717, 1.165) is 38.5 Å². The van der Waals surface area contributed by atoms with Gasteiger partial charge in [-0.15, -0.1) is 0 Å². The van der Waals surface area contributed by atoms with Crippen LogP contribution in [0.5, 0.6) is 5.75 Å². The van der Waals surface area contributed by atoms with Gasteiger partial charge in [-0.05, 0) is 24.1 Å². The topological polar surface area (TPSA) is 48.1 Å². The molecule has 130 valence electrons. The monoisotopic (exact) mass is 337 g/mol. The SMILES string of the molecule is c1cn(CCOc2ccc(CN3CCCn4cncc4C3)cc2)cn1. The molecule has 0 unspecified atom stereocenters. The van der Waals surface area contributed by atoms with Gasteiger partial charge in [0.15, 0.2) is 0 Å². The van der Waals surface area contributed by atoms with Crippen molar-refractivity contribution in [1.29, 1.82) is 0 Å². The van der Waals surface area contributed by atoms with Gasteiger partial charge >= 0.3 is 0 Å². The van der Waals surface area contributed by atoms with Crippen molar-refractivity contribution >= 4 is 0 Å². The number of benzene rings is 1. The first-order chi connectivity index (χ1) is 12.4. The van der Waals surface area contributed by atoms with Crippen LogP contribution in [0.2, 0.25) is 0 Å². The Morgan fingerprint density at radius 2 is 1.96 bits per heavy atom. The molecule has 0 atom stereocenters. The lowest BCUT2D eigenvalue weighted by Gasteiger charge is -2.19. The normalized spacial score (nSPS) is 14.9. The van der Waals surface area contributed by atoms with E-state index in [1.54, 1.807) is 12.5 Å². The summed E-state index contributed by atoms with van der Waals surface area (Å²) in [6.07, 6.45) is 10.6. The Balaban J connectivity index is 1.30. The standard InChI is InChI=1S/C19H23N5O/c1-7-23(14-18-12-21-16-24(18)8-1)13-17-2-4-19(5-3-17)25-11-10-22-9-6-20-15-22/h2-6,9,12,15-16H,1,7-8,10-11,13-14H2. The van der Waals surface area contributed by atoms with Crippen molar-refractivity contribution in [2.75, 3.05) is 13.2 Å². The summed E-state index contributed by atoms with van der Waals surface area (Å²) in [5, 5.41) is 0. The first kappa shape index (κ1) is 15.9. The molecule has 0 saturated carbocycles. The fourth-order valence-corrected chi connectivity index (χ4v) is 3.23. The molecule has 6 nitrogen and oxygen atoms in total. The van der Waals surface area contributed by atoms with Crippen molar-refractivity contribution < 1.29 is 4.74 Å². The van der Waals surface area contributed by atoms with Crippen molar-refractivity contribution in [1.82, 2.24) is 24.0 Å². The maximum absolute atomic E-state index is 5.81. The van der Waals surface area contributed by atoms with Crippen molar-refractivity contribution in [3.05, 3.63) is 66.8 Å². The van der Waals surface area contributed by atoms with Crippen LogP contribution in [0.4, 0.5) is 0 Å². The molecule has 3 aromatic rings. The molecule has 0 radical (unpaired) electrons. The van der Waals surface area contributed by atoms with Crippen LogP contribution in [-0.2, 0) is 26.2 Å². The zero-order valence-electron chi connectivity index (χ0n) is 14.3. The molecule has 25 heavy (non-hydrogen) atoms. The maximum Gasteiger partial charge on any atom is 0.119 e. The summed E-state index contributed by atoms with van der Waals surface area (Å²) in [6, 6.07) is 8.44. The summed E-state index contributed by atoms with van der Waals surface area (Å²) in [5.41, 5.74) is 2.62. The molecule has 0 saturated heterocycles. The molecule has 3 heterocycles. The van der Waals surface area contributed by atoms with E-state index in [1.165, 1.54) is 17.7 Å². The van der Waals surface area contributed by atoms with Gasteiger partial charge in [-0.25, -0.2) is 9.97 Å². The van der Waals surface area contributed by atoms with Crippen LogP contribution in [0.3, 0.4) is 0 Å². The van der Waals surface area contributed by atoms with E-state index in [1.807, 2.05) is 23.3 Å². The number of hydrogen-bond acceptors (Lipinski definition) is 4. The molecular weight excluding hydrogens is 314 g/mol. The highest BCUT2D eigenvalue weighted by molar-refractivity contribution is 5.27. The molecule has 4 rings (SSSR count). The Labute approximate surface area is 147 Å². The summed E-state index contributed by atoms with van der Waals surface area (Å²) >= 11 is 0. The number of nitrogens with zero attached hydrogens (tertiary/aromatic N) is 5. The summed E-state index contributed by atoms with van der Waals surface area (Å²) in [7, 11) is 0. The van der Waals surface area contributed by atoms with E-state index >= 15 is 0 Å². The molecule has 0 bridgehead atoms. The molecule has 0 fully saturated rings. The van der Waals surface area contributed by atoms with E-state index in [-0.39, 0.29) is 0 Å².